The first-order valence-electron chi connectivity index (χ1n) is 8.99. The lowest BCUT2D eigenvalue weighted by Gasteiger charge is -2.25. The lowest BCUT2D eigenvalue weighted by molar-refractivity contribution is 0.0925. The van der Waals surface area contributed by atoms with Gasteiger partial charge >= 0.3 is 0 Å². The van der Waals surface area contributed by atoms with Gasteiger partial charge in [0.05, 0.1) is 43.7 Å². The Kier molecular flexibility index (Phi) is 5.37. The van der Waals surface area contributed by atoms with Crippen molar-refractivity contribution in [1.29, 1.82) is 0 Å². The number of aromatic nitrogens is 2. The Morgan fingerprint density at radius 1 is 1.35 bits per heavy atom. The molecule has 26 heavy (non-hydrogen) atoms. The summed E-state index contributed by atoms with van der Waals surface area (Å²) >= 11 is 0. The summed E-state index contributed by atoms with van der Waals surface area (Å²) in [7, 11) is 3.69. The SMILES string of the molecule is COc1cccc(-c2nn(C(C)(C)C)cc2CN(C)[C@@H]2COC[C@H]2O)c1. The fourth-order valence-electron chi connectivity index (χ4n) is 3.22. The fourth-order valence-corrected chi connectivity index (χ4v) is 3.22. The van der Waals surface area contributed by atoms with Crippen molar-refractivity contribution in [3.8, 4) is 17.0 Å². The van der Waals surface area contributed by atoms with Gasteiger partial charge in [0.1, 0.15) is 5.75 Å². The molecule has 2 atom stereocenters. The minimum atomic E-state index is -0.446. The molecule has 0 saturated carbocycles. The fraction of sp³-hybridized carbons (Fsp3) is 0.550. The average molecular weight is 359 g/mol. The van der Waals surface area contributed by atoms with Crippen molar-refractivity contribution in [2.24, 2.45) is 0 Å². The molecule has 0 unspecified atom stereocenters. The number of likely N-dealkylation sites (N-methyl/N-ethyl adjacent to an activating group) is 1. The number of rotatable bonds is 5. The van der Waals surface area contributed by atoms with Gasteiger partial charge in [-0.2, -0.15) is 5.10 Å². The molecule has 1 saturated heterocycles. The zero-order chi connectivity index (χ0) is 18.9. The highest BCUT2D eigenvalue weighted by atomic mass is 16.5. The van der Waals surface area contributed by atoms with E-state index in [9.17, 15) is 5.11 Å². The molecule has 6 heteroatoms. The number of aliphatic hydroxyl groups excluding tert-OH is 1. The summed E-state index contributed by atoms with van der Waals surface area (Å²) in [5.74, 6) is 0.812. The Labute approximate surface area is 155 Å². The van der Waals surface area contributed by atoms with Crippen molar-refractivity contribution < 1.29 is 14.6 Å². The number of ether oxygens (including phenoxy) is 2. The second kappa shape index (κ2) is 7.39. The highest BCUT2D eigenvalue weighted by Crippen LogP contribution is 2.29. The summed E-state index contributed by atoms with van der Waals surface area (Å²) in [5.41, 5.74) is 2.98. The molecule has 2 aromatic rings. The molecule has 2 heterocycles. The second-order valence-electron chi connectivity index (χ2n) is 7.94. The van der Waals surface area contributed by atoms with Gasteiger partial charge in [0.25, 0.3) is 0 Å². The van der Waals surface area contributed by atoms with Crippen LogP contribution in [-0.2, 0) is 16.8 Å². The summed E-state index contributed by atoms with van der Waals surface area (Å²) in [4.78, 5) is 2.14. The van der Waals surface area contributed by atoms with E-state index in [2.05, 4.69) is 37.9 Å². The standard InChI is InChI=1S/C20H29N3O3/c1-20(2,3)23-11-15(10-22(4)17-12-26-13-18(17)24)19(21-23)14-7-6-8-16(9-14)25-5/h6-9,11,17-18,24H,10,12-13H2,1-5H3/t17-,18-/m1/s1. The molecule has 0 amide bonds. The molecular formula is C20H29N3O3. The molecule has 0 radical (unpaired) electrons. The Balaban J connectivity index is 1.95. The van der Waals surface area contributed by atoms with E-state index in [1.165, 1.54) is 0 Å². The van der Waals surface area contributed by atoms with Crippen LogP contribution >= 0.6 is 0 Å². The van der Waals surface area contributed by atoms with Crippen LogP contribution in [0.4, 0.5) is 0 Å². The zero-order valence-corrected chi connectivity index (χ0v) is 16.3. The molecule has 0 aliphatic carbocycles. The Morgan fingerprint density at radius 2 is 2.12 bits per heavy atom. The summed E-state index contributed by atoms with van der Waals surface area (Å²) < 4.78 is 12.8. The molecule has 142 valence electrons. The number of methoxy groups -OCH3 is 1. The molecule has 3 rings (SSSR count). The second-order valence-corrected chi connectivity index (χ2v) is 7.94. The van der Waals surface area contributed by atoms with E-state index >= 15 is 0 Å². The molecule has 0 bridgehead atoms. The maximum atomic E-state index is 10.1. The molecule has 1 N–H and O–H groups in total. The Hall–Kier alpha value is -1.89. The van der Waals surface area contributed by atoms with E-state index in [4.69, 9.17) is 14.6 Å². The van der Waals surface area contributed by atoms with Gasteiger partial charge in [0.2, 0.25) is 0 Å². The molecule has 1 aromatic carbocycles. The first-order chi connectivity index (χ1) is 12.3. The molecular weight excluding hydrogens is 330 g/mol. The van der Waals surface area contributed by atoms with E-state index in [-0.39, 0.29) is 11.6 Å². The minimum Gasteiger partial charge on any atom is -0.497 e. The smallest absolute Gasteiger partial charge is 0.119 e. The Morgan fingerprint density at radius 3 is 2.73 bits per heavy atom. The van der Waals surface area contributed by atoms with Crippen LogP contribution in [0, 0.1) is 0 Å². The molecule has 6 nitrogen and oxygen atoms in total. The normalized spacial score (nSPS) is 20.7. The van der Waals surface area contributed by atoms with Crippen LogP contribution in [0.3, 0.4) is 0 Å². The van der Waals surface area contributed by atoms with Gasteiger partial charge in [-0.15, -0.1) is 0 Å². The quantitative estimate of drug-likeness (QED) is 0.889. The first-order valence-corrected chi connectivity index (χ1v) is 8.99. The van der Waals surface area contributed by atoms with Crippen LogP contribution in [0.25, 0.3) is 11.3 Å². The third-order valence-corrected chi connectivity index (χ3v) is 4.83. The largest absolute Gasteiger partial charge is 0.497 e. The van der Waals surface area contributed by atoms with Crippen LogP contribution in [0.2, 0.25) is 0 Å². The number of benzene rings is 1. The van der Waals surface area contributed by atoms with Crippen LogP contribution in [0.5, 0.6) is 5.75 Å². The van der Waals surface area contributed by atoms with Crippen molar-refractivity contribution in [3.63, 3.8) is 0 Å². The summed E-state index contributed by atoms with van der Waals surface area (Å²) in [6, 6.07) is 7.97. The number of aliphatic hydroxyl groups is 1. The topological polar surface area (TPSA) is 59.8 Å². The maximum Gasteiger partial charge on any atom is 0.119 e. The molecule has 0 spiro atoms. The summed E-state index contributed by atoms with van der Waals surface area (Å²) in [6.45, 7) is 8.05. The van der Waals surface area contributed by atoms with Crippen LogP contribution in [0.15, 0.2) is 30.5 Å². The van der Waals surface area contributed by atoms with Crippen molar-refractivity contribution in [1.82, 2.24) is 14.7 Å². The Bertz CT molecular complexity index is 751. The lowest BCUT2D eigenvalue weighted by Crippen LogP contribution is -2.39. The minimum absolute atomic E-state index is 0.00569. The van der Waals surface area contributed by atoms with Gasteiger partial charge in [-0.25, -0.2) is 0 Å². The highest BCUT2D eigenvalue weighted by molar-refractivity contribution is 5.64. The van der Waals surface area contributed by atoms with E-state index in [0.29, 0.717) is 19.8 Å². The lowest BCUT2D eigenvalue weighted by atomic mass is 10.1. The van der Waals surface area contributed by atoms with E-state index < -0.39 is 6.10 Å². The van der Waals surface area contributed by atoms with Gasteiger partial charge in [-0.05, 0) is 40.0 Å². The van der Waals surface area contributed by atoms with Crippen molar-refractivity contribution in [3.05, 3.63) is 36.0 Å². The summed E-state index contributed by atoms with van der Waals surface area (Å²) in [5, 5.41) is 15.0. The monoisotopic (exact) mass is 359 g/mol. The van der Waals surface area contributed by atoms with E-state index in [0.717, 1.165) is 22.6 Å². The molecule has 1 aromatic heterocycles. The number of hydrogen-bond donors (Lipinski definition) is 1. The molecule has 1 aliphatic rings. The van der Waals surface area contributed by atoms with Gasteiger partial charge in [-0.1, -0.05) is 12.1 Å². The maximum absolute atomic E-state index is 10.1. The van der Waals surface area contributed by atoms with Crippen molar-refractivity contribution in [2.75, 3.05) is 27.4 Å². The van der Waals surface area contributed by atoms with Gasteiger partial charge in [-0.3, -0.25) is 9.58 Å². The van der Waals surface area contributed by atoms with E-state index in [1.807, 2.05) is 29.9 Å². The van der Waals surface area contributed by atoms with Crippen LogP contribution in [-0.4, -0.2) is 59.3 Å². The molecule has 1 fully saturated rings. The van der Waals surface area contributed by atoms with Crippen LogP contribution in [0.1, 0.15) is 26.3 Å². The average Bonchev–Trinajstić information content (AvgIpc) is 3.21. The first kappa shape index (κ1) is 18.9. The summed E-state index contributed by atoms with van der Waals surface area (Å²) in [6.07, 6.45) is 1.66. The van der Waals surface area contributed by atoms with Crippen molar-refractivity contribution in [2.45, 2.75) is 45.0 Å². The van der Waals surface area contributed by atoms with Gasteiger partial charge in [0, 0.05) is 23.9 Å². The number of hydrogen-bond acceptors (Lipinski definition) is 5. The van der Waals surface area contributed by atoms with Crippen LogP contribution < -0.4 is 4.74 Å². The van der Waals surface area contributed by atoms with E-state index in [1.54, 1.807) is 7.11 Å². The predicted octanol–water partition coefficient (Wildman–Crippen LogP) is 2.51. The zero-order valence-electron chi connectivity index (χ0n) is 16.3. The third-order valence-electron chi connectivity index (χ3n) is 4.83. The van der Waals surface area contributed by atoms with Gasteiger partial charge < -0.3 is 14.6 Å². The number of nitrogens with zero attached hydrogens (tertiary/aromatic N) is 3. The molecule has 1 aliphatic heterocycles. The van der Waals surface area contributed by atoms with Gasteiger partial charge in [0.15, 0.2) is 0 Å². The highest BCUT2D eigenvalue weighted by Gasteiger charge is 2.30. The third kappa shape index (κ3) is 3.92. The van der Waals surface area contributed by atoms with Crippen molar-refractivity contribution >= 4 is 0 Å². The predicted molar refractivity (Wildman–Crippen MR) is 101 cm³/mol.